The summed E-state index contributed by atoms with van der Waals surface area (Å²) in [6.07, 6.45) is 0. The molecule has 0 unspecified atom stereocenters. The molecular weight excluding hydrogens is 258 g/mol. The van der Waals surface area contributed by atoms with Crippen LogP contribution >= 0.6 is 11.8 Å². The number of nitro groups is 1. The van der Waals surface area contributed by atoms with E-state index in [-0.39, 0.29) is 23.0 Å². The molecule has 0 saturated carbocycles. The molecule has 98 valence electrons. The van der Waals surface area contributed by atoms with E-state index in [2.05, 4.69) is 0 Å². The molecule has 0 saturated heterocycles. The highest BCUT2D eigenvalue weighted by Gasteiger charge is 2.14. The third-order valence-electron chi connectivity index (χ3n) is 2.08. The third kappa shape index (κ3) is 4.01. The molecule has 18 heavy (non-hydrogen) atoms. The molecular formula is C11H13NO5S. The number of nitrogens with zero attached hydrogens (tertiary/aromatic N) is 1. The SMILES string of the molecule is CCOC(=O)CSc1ccc([N+](=O)[O-])c(CO)c1. The maximum absolute atomic E-state index is 11.1. The molecule has 6 nitrogen and oxygen atoms in total. The number of thioether (sulfide) groups is 1. The van der Waals surface area contributed by atoms with Crippen molar-refractivity contribution in [2.45, 2.75) is 18.4 Å². The predicted molar refractivity (Wildman–Crippen MR) is 66.4 cm³/mol. The summed E-state index contributed by atoms with van der Waals surface area (Å²) in [4.78, 5) is 21.9. The minimum Gasteiger partial charge on any atom is -0.465 e. The molecule has 0 radical (unpaired) electrons. The van der Waals surface area contributed by atoms with Crippen LogP contribution in [0.3, 0.4) is 0 Å². The van der Waals surface area contributed by atoms with Crippen LogP contribution < -0.4 is 0 Å². The normalized spacial score (nSPS) is 10.1. The van der Waals surface area contributed by atoms with Crippen molar-refractivity contribution in [2.24, 2.45) is 0 Å². The number of aliphatic hydroxyl groups is 1. The van der Waals surface area contributed by atoms with E-state index in [4.69, 9.17) is 9.84 Å². The zero-order chi connectivity index (χ0) is 13.5. The molecule has 0 spiro atoms. The Balaban J connectivity index is 2.74. The minimum absolute atomic E-state index is 0.127. The number of nitro benzene ring substituents is 1. The first kappa shape index (κ1) is 14.5. The minimum atomic E-state index is -0.550. The smallest absolute Gasteiger partial charge is 0.316 e. The van der Waals surface area contributed by atoms with Crippen molar-refractivity contribution in [1.29, 1.82) is 0 Å². The molecule has 0 aliphatic rings. The summed E-state index contributed by atoms with van der Waals surface area (Å²) >= 11 is 1.21. The van der Waals surface area contributed by atoms with Crippen LogP contribution in [-0.4, -0.2) is 28.4 Å². The van der Waals surface area contributed by atoms with Crippen molar-refractivity contribution in [1.82, 2.24) is 0 Å². The fraction of sp³-hybridized carbons (Fsp3) is 0.364. The number of esters is 1. The van der Waals surface area contributed by atoms with Crippen LogP contribution in [0, 0.1) is 10.1 Å². The number of aliphatic hydroxyl groups excluding tert-OH is 1. The number of hydrogen-bond donors (Lipinski definition) is 1. The van der Waals surface area contributed by atoms with E-state index in [0.717, 1.165) is 0 Å². The Morgan fingerprint density at radius 2 is 2.28 bits per heavy atom. The van der Waals surface area contributed by atoms with E-state index in [1.165, 1.54) is 23.9 Å². The second kappa shape index (κ2) is 6.97. The zero-order valence-corrected chi connectivity index (χ0v) is 10.6. The van der Waals surface area contributed by atoms with Crippen molar-refractivity contribution in [2.75, 3.05) is 12.4 Å². The molecule has 0 aliphatic heterocycles. The van der Waals surface area contributed by atoms with E-state index in [1.807, 2.05) is 0 Å². The molecule has 1 aromatic rings. The van der Waals surface area contributed by atoms with Gasteiger partial charge in [-0.25, -0.2) is 0 Å². The van der Waals surface area contributed by atoms with Gasteiger partial charge in [0.1, 0.15) is 0 Å². The van der Waals surface area contributed by atoms with Crippen LogP contribution in [0.5, 0.6) is 0 Å². The summed E-state index contributed by atoms with van der Waals surface area (Å²) in [7, 11) is 0. The van der Waals surface area contributed by atoms with E-state index >= 15 is 0 Å². The number of carbonyl (C=O) groups is 1. The number of benzene rings is 1. The van der Waals surface area contributed by atoms with Gasteiger partial charge in [0.2, 0.25) is 0 Å². The first-order valence-corrected chi connectivity index (χ1v) is 6.23. The van der Waals surface area contributed by atoms with E-state index in [0.29, 0.717) is 11.5 Å². The highest BCUT2D eigenvalue weighted by molar-refractivity contribution is 8.00. The summed E-state index contributed by atoms with van der Waals surface area (Å²) in [5.74, 6) is -0.206. The lowest BCUT2D eigenvalue weighted by molar-refractivity contribution is -0.385. The lowest BCUT2D eigenvalue weighted by Crippen LogP contribution is -2.06. The second-order valence-electron chi connectivity index (χ2n) is 3.30. The number of ether oxygens (including phenoxy) is 1. The van der Waals surface area contributed by atoms with Gasteiger partial charge in [-0.2, -0.15) is 0 Å². The predicted octanol–water partition coefficient (Wildman–Crippen LogP) is 1.74. The van der Waals surface area contributed by atoms with Gasteiger partial charge in [0.25, 0.3) is 5.69 Å². The van der Waals surface area contributed by atoms with Gasteiger partial charge in [0.05, 0.1) is 29.5 Å². The Bertz CT molecular complexity index is 449. The van der Waals surface area contributed by atoms with Crippen LogP contribution in [0.15, 0.2) is 23.1 Å². The lowest BCUT2D eigenvalue weighted by atomic mass is 10.2. The van der Waals surface area contributed by atoms with Gasteiger partial charge in [-0.15, -0.1) is 11.8 Å². The summed E-state index contributed by atoms with van der Waals surface area (Å²) in [6.45, 7) is 1.63. The van der Waals surface area contributed by atoms with Crippen LogP contribution in [-0.2, 0) is 16.1 Å². The van der Waals surface area contributed by atoms with Crippen molar-refractivity contribution in [3.05, 3.63) is 33.9 Å². The average molecular weight is 271 g/mol. The van der Waals surface area contributed by atoms with Crippen molar-refractivity contribution in [3.8, 4) is 0 Å². The Hall–Kier alpha value is -1.60. The van der Waals surface area contributed by atoms with Crippen LogP contribution in [0.1, 0.15) is 12.5 Å². The number of rotatable bonds is 6. The molecule has 0 heterocycles. The molecule has 1 aromatic carbocycles. The second-order valence-corrected chi connectivity index (χ2v) is 4.35. The highest BCUT2D eigenvalue weighted by Crippen LogP contribution is 2.26. The maximum atomic E-state index is 11.1. The Morgan fingerprint density at radius 1 is 1.56 bits per heavy atom. The van der Waals surface area contributed by atoms with Crippen molar-refractivity contribution >= 4 is 23.4 Å². The molecule has 0 atom stereocenters. The van der Waals surface area contributed by atoms with E-state index in [1.54, 1.807) is 13.0 Å². The zero-order valence-electron chi connectivity index (χ0n) is 9.79. The molecule has 0 fully saturated rings. The summed E-state index contributed by atoms with van der Waals surface area (Å²) in [6, 6.07) is 4.36. The fourth-order valence-electron chi connectivity index (χ4n) is 1.30. The Labute approximate surface area is 108 Å². The monoisotopic (exact) mass is 271 g/mol. The molecule has 1 N–H and O–H groups in total. The summed E-state index contributed by atoms with van der Waals surface area (Å²) in [5.41, 5.74) is 0.104. The Morgan fingerprint density at radius 3 is 2.83 bits per heavy atom. The van der Waals surface area contributed by atoms with Crippen LogP contribution in [0.4, 0.5) is 5.69 Å². The number of carbonyl (C=O) groups excluding carboxylic acids is 1. The standard InChI is InChI=1S/C11H13NO5S/c1-2-17-11(14)7-18-9-3-4-10(12(15)16)8(5-9)6-13/h3-5,13H,2,6-7H2,1H3. The molecule has 0 aromatic heterocycles. The third-order valence-corrected chi connectivity index (χ3v) is 3.05. The quantitative estimate of drug-likeness (QED) is 0.367. The van der Waals surface area contributed by atoms with Gasteiger partial charge >= 0.3 is 5.97 Å². The van der Waals surface area contributed by atoms with Gasteiger partial charge in [0, 0.05) is 11.0 Å². The molecule has 0 amide bonds. The molecule has 7 heteroatoms. The van der Waals surface area contributed by atoms with Crippen LogP contribution in [0.25, 0.3) is 0 Å². The van der Waals surface area contributed by atoms with Gasteiger partial charge in [-0.05, 0) is 19.1 Å². The summed E-state index contributed by atoms with van der Waals surface area (Å²) in [5, 5.41) is 19.7. The maximum Gasteiger partial charge on any atom is 0.316 e. The number of hydrogen-bond acceptors (Lipinski definition) is 6. The van der Waals surface area contributed by atoms with Crippen molar-refractivity contribution < 1.29 is 19.6 Å². The van der Waals surface area contributed by atoms with Gasteiger partial charge in [-0.1, -0.05) is 0 Å². The van der Waals surface area contributed by atoms with E-state index < -0.39 is 11.5 Å². The average Bonchev–Trinajstić information content (AvgIpc) is 2.36. The fourth-order valence-corrected chi connectivity index (χ4v) is 2.06. The van der Waals surface area contributed by atoms with Gasteiger partial charge in [0.15, 0.2) is 0 Å². The summed E-state index contributed by atoms with van der Waals surface area (Å²) < 4.78 is 4.76. The first-order chi connectivity index (χ1) is 8.58. The lowest BCUT2D eigenvalue weighted by Gasteiger charge is -2.04. The van der Waals surface area contributed by atoms with Crippen molar-refractivity contribution in [3.63, 3.8) is 0 Å². The molecule has 0 aliphatic carbocycles. The van der Waals surface area contributed by atoms with Gasteiger partial charge in [-0.3, -0.25) is 14.9 Å². The largest absolute Gasteiger partial charge is 0.465 e. The van der Waals surface area contributed by atoms with Gasteiger partial charge < -0.3 is 9.84 Å². The highest BCUT2D eigenvalue weighted by atomic mass is 32.2. The first-order valence-electron chi connectivity index (χ1n) is 5.25. The van der Waals surface area contributed by atoms with E-state index in [9.17, 15) is 14.9 Å². The van der Waals surface area contributed by atoms with Crippen LogP contribution in [0.2, 0.25) is 0 Å². The molecule has 1 rings (SSSR count). The molecule has 0 bridgehead atoms. The topological polar surface area (TPSA) is 89.7 Å². The Kier molecular flexibility index (Phi) is 5.60.